The largest absolute Gasteiger partial charge is 0.399 e. The van der Waals surface area contributed by atoms with Crippen LogP contribution in [0.25, 0.3) is 0 Å². The van der Waals surface area contributed by atoms with Crippen LogP contribution < -0.4 is 10.5 Å². The standard InChI is InChI=1S/C15H20N2O2S2/c1-3-5-14(15-6-4-9-20-15)17-21(18,19)12-7-8-13(16)11(2)10-12/h4,6-10,14,17H,3,5,16H2,1-2H3. The summed E-state index contributed by atoms with van der Waals surface area (Å²) in [4.78, 5) is 1.29. The van der Waals surface area contributed by atoms with Gasteiger partial charge in [0.25, 0.3) is 0 Å². The highest BCUT2D eigenvalue weighted by Crippen LogP contribution is 2.26. The molecule has 0 fully saturated rings. The van der Waals surface area contributed by atoms with Gasteiger partial charge in [0.05, 0.1) is 10.9 Å². The maximum absolute atomic E-state index is 12.5. The van der Waals surface area contributed by atoms with Crippen LogP contribution >= 0.6 is 11.3 Å². The van der Waals surface area contributed by atoms with E-state index in [9.17, 15) is 8.42 Å². The van der Waals surface area contributed by atoms with E-state index in [0.717, 1.165) is 23.3 Å². The fourth-order valence-corrected chi connectivity index (χ4v) is 4.33. The van der Waals surface area contributed by atoms with Crippen LogP contribution in [0.4, 0.5) is 5.69 Å². The number of benzene rings is 1. The lowest BCUT2D eigenvalue weighted by Crippen LogP contribution is -2.28. The average Bonchev–Trinajstić information content (AvgIpc) is 2.95. The van der Waals surface area contributed by atoms with Crippen molar-refractivity contribution in [2.75, 3.05) is 5.73 Å². The summed E-state index contributed by atoms with van der Waals surface area (Å²) in [6.45, 7) is 3.85. The molecule has 3 N–H and O–H groups in total. The highest BCUT2D eigenvalue weighted by molar-refractivity contribution is 7.89. The molecule has 1 atom stereocenters. The quantitative estimate of drug-likeness (QED) is 0.799. The van der Waals surface area contributed by atoms with Gasteiger partial charge in [0.15, 0.2) is 0 Å². The number of nitrogens with one attached hydrogen (secondary N) is 1. The zero-order valence-corrected chi connectivity index (χ0v) is 13.8. The van der Waals surface area contributed by atoms with Crippen molar-refractivity contribution < 1.29 is 8.42 Å². The summed E-state index contributed by atoms with van der Waals surface area (Å²) in [5.41, 5.74) is 7.10. The molecule has 1 unspecified atom stereocenters. The lowest BCUT2D eigenvalue weighted by molar-refractivity contribution is 0.540. The zero-order valence-electron chi connectivity index (χ0n) is 12.2. The second-order valence-electron chi connectivity index (χ2n) is 5.00. The summed E-state index contributed by atoms with van der Waals surface area (Å²) in [7, 11) is -3.55. The second kappa shape index (κ2) is 6.60. The predicted molar refractivity (Wildman–Crippen MR) is 87.9 cm³/mol. The molecule has 1 heterocycles. The van der Waals surface area contributed by atoms with Gasteiger partial charge in [-0.2, -0.15) is 0 Å². The Morgan fingerprint density at radius 1 is 1.33 bits per heavy atom. The predicted octanol–water partition coefficient (Wildman–Crippen LogP) is 3.46. The van der Waals surface area contributed by atoms with E-state index >= 15 is 0 Å². The number of thiophene rings is 1. The third kappa shape index (κ3) is 3.84. The fraction of sp³-hybridized carbons (Fsp3) is 0.333. The van der Waals surface area contributed by atoms with Crippen LogP contribution in [0.15, 0.2) is 40.6 Å². The first-order chi connectivity index (χ1) is 9.94. The topological polar surface area (TPSA) is 72.2 Å². The summed E-state index contributed by atoms with van der Waals surface area (Å²) < 4.78 is 27.9. The Morgan fingerprint density at radius 3 is 2.67 bits per heavy atom. The number of hydrogen-bond acceptors (Lipinski definition) is 4. The van der Waals surface area contributed by atoms with Gasteiger partial charge in [-0.05, 0) is 48.6 Å². The van der Waals surface area contributed by atoms with Crippen LogP contribution in [0.5, 0.6) is 0 Å². The van der Waals surface area contributed by atoms with Gasteiger partial charge in [-0.3, -0.25) is 0 Å². The lowest BCUT2D eigenvalue weighted by Gasteiger charge is -2.17. The van der Waals surface area contributed by atoms with Crippen molar-refractivity contribution in [1.29, 1.82) is 0 Å². The molecule has 0 amide bonds. The summed E-state index contributed by atoms with van der Waals surface area (Å²) in [6.07, 6.45) is 1.68. The lowest BCUT2D eigenvalue weighted by atomic mass is 10.1. The highest BCUT2D eigenvalue weighted by Gasteiger charge is 2.21. The van der Waals surface area contributed by atoms with Gasteiger partial charge in [0, 0.05) is 10.6 Å². The molecule has 4 nitrogen and oxygen atoms in total. The molecule has 1 aromatic heterocycles. The SMILES string of the molecule is CCCC(NS(=O)(=O)c1ccc(N)c(C)c1)c1cccs1. The van der Waals surface area contributed by atoms with E-state index in [2.05, 4.69) is 4.72 Å². The fourth-order valence-electron chi connectivity index (χ4n) is 2.11. The first-order valence-electron chi connectivity index (χ1n) is 6.86. The maximum Gasteiger partial charge on any atom is 0.241 e. The third-order valence-corrected chi connectivity index (χ3v) is 5.77. The molecule has 21 heavy (non-hydrogen) atoms. The summed E-state index contributed by atoms with van der Waals surface area (Å²) >= 11 is 1.57. The molecule has 0 saturated carbocycles. The van der Waals surface area contributed by atoms with Crippen LogP contribution in [0, 0.1) is 6.92 Å². The number of anilines is 1. The van der Waals surface area contributed by atoms with Gasteiger partial charge >= 0.3 is 0 Å². The minimum absolute atomic E-state index is 0.183. The van der Waals surface area contributed by atoms with E-state index in [1.807, 2.05) is 24.4 Å². The van der Waals surface area contributed by atoms with Crippen LogP contribution in [0.2, 0.25) is 0 Å². The van der Waals surface area contributed by atoms with E-state index in [1.165, 1.54) is 0 Å². The molecule has 0 aliphatic rings. The van der Waals surface area contributed by atoms with Crippen molar-refractivity contribution in [3.63, 3.8) is 0 Å². The van der Waals surface area contributed by atoms with Crippen molar-refractivity contribution in [3.05, 3.63) is 46.2 Å². The van der Waals surface area contributed by atoms with Gasteiger partial charge in [-0.1, -0.05) is 19.4 Å². The first-order valence-corrected chi connectivity index (χ1v) is 9.22. The Morgan fingerprint density at radius 2 is 2.10 bits per heavy atom. The Hall–Kier alpha value is -1.37. The number of nitrogens with two attached hydrogens (primary N) is 1. The monoisotopic (exact) mass is 324 g/mol. The summed E-state index contributed by atoms with van der Waals surface area (Å²) in [5, 5.41) is 1.96. The molecule has 2 aromatic rings. The maximum atomic E-state index is 12.5. The van der Waals surface area contributed by atoms with Crippen LogP contribution in [0.1, 0.15) is 36.2 Å². The Bertz CT molecular complexity index is 694. The van der Waals surface area contributed by atoms with Crippen LogP contribution in [-0.4, -0.2) is 8.42 Å². The van der Waals surface area contributed by atoms with Crippen molar-refractivity contribution in [2.45, 2.75) is 37.6 Å². The van der Waals surface area contributed by atoms with E-state index in [-0.39, 0.29) is 10.9 Å². The van der Waals surface area contributed by atoms with Gasteiger partial charge in [-0.15, -0.1) is 11.3 Å². The van der Waals surface area contributed by atoms with Gasteiger partial charge in [0.2, 0.25) is 10.0 Å². The van der Waals surface area contributed by atoms with Gasteiger partial charge in [0.1, 0.15) is 0 Å². The Balaban J connectivity index is 2.28. The number of hydrogen-bond donors (Lipinski definition) is 2. The smallest absolute Gasteiger partial charge is 0.241 e. The first kappa shape index (κ1) is 16.0. The van der Waals surface area contributed by atoms with E-state index in [0.29, 0.717) is 5.69 Å². The molecule has 1 aromatic carbocycles. The second-order valence-corrected chi connectivity index (χ2v) is 7.69. The van der Waals surface area contributed by atoms with E-state index in [1.54, 1.807) is 36.5 Å². The Labute approximate surface area is 130 Å². The molecule has 2 rings (SSSR count). The van der Waals surface area contributed by atoms with Gasteiger partial charge < -0.3 is 5.73 Å². The zero-order chi connectivity index (χ0) is 15.5. The van der Waals surface area contributed by atoms with Crippen molar-refractivity contribution in [1.82, 2.24) is 4.72 Å². The minimum atomic E-state index is -3.55. The number of nitrogen functional groups attached to an aromatic ring is 1. The molecular weight excluding hydrogens is 304 g/mol. The number of rotatable bonds is 6. The summed E-state index contributed by atoms with van der Waals surface area (Å²) in [6, 6.07) is 8.49. The van der Waals surface area contributed by atoms with Crippen molar-refractivity contribution >= 4 is 27.0 Å². The third-order valence-electron chi connectivity index (χ3n) is 3.31. The average molecular weight is 324 g/mol. The van der Waals surface area contributed by atoms with Crippen molar-refractivity contribution in [2.24, 2.45) is 0 Å². The highest BCUT2D eigenvalue weighted by atomic mass is 32.2. The molecule has 0 radical (unpaired) electrons. The Kier molecular flexibility index (Phi) is 5.03. The van der Waals surface area contributed by atoms with Gasteiger partial charge in [-0.25, -0.2) is 13.1 Å². The molecular formula is C15H20N2O2S2. The number of sulfonamides is 1. The summed E-state index contributed by atoms with van der Waals surface area (Å²) in [5.74, 6) is 0. The molecule has 6 heteroatoms. The molecule has 114 valence electrons. The van der Waals surface area contributed by atoms with E-state index in [4.69, 9.17) is 5.73 Å². The van der Waals surface area contributed by atoms with E-state index < -0.39 is 10.0 Å². The molecule has 0 aliphatic carbocycles. The normalized spacial score (nSPS) is 13.2. The van der Waals surface area contributed by atoms with Crippen molar-refractivity contribution in [3.8, 4) is 0 Å². The molecule has 0 spiro atoms. The molecule has 0 saturated heterocycles. The van der Waals surface area contributed by atoms with Crippen LogP contribution in [-0.2, 0) is 10.0 Å². The molecule has 0 bridgehead atoms. The number of aryl methyl sites for hydroxylation is 1. The minimum Gasteiger partial charge on any atom is -0.399 e. The van der Waals surface area contributed by atoms with Crippen LogP contribution in [0.3, 0.4) is 0 Å². The molecule has 0 aliphatic heterocycles.